The van der Waals surface area contributed by atoms with Gasteiger partial charge in [-0.25, -0.2) is 14.1 Å². The van der Waals surface area contributed by atoms with Crippen LogP contribution in [0.15, 0.2) is 42.5 Å². The lowest BCUT2D eigenvalue weighted by atomic mass is 10.2. The standard InChI is InChI=1S/C20H19FN2O4/c1-3-27-20(26)13-5-8-15(9-6-13)23-18(24)11-17(19(23)25)22-14-7-4-12(2)16(21)10-14/h4-10,17,22H,3,11H2,1-2H3/t17-/m0/s1. The molecule has 7 heteroatoms. The van der Waals surface area contributed by atoms with Crippen LogP contribution in [0.4, 0.5) is 15.8 Å². The van der Waals surface area contributed by atoms with Gasteiger partial charge >= 0.3 is 5.97 Å². The van der Waals surface area contributed by atoms with E-state index in [9.17, 15) is 18.8 Å². The van der Waals surface area contributed by atoms with Crippen LogP contribution in [0.2, 0.25) is 0 Å². The van der Waals surface area contributed by atoms with Gasteiger partial charge in [0.1, 0.15) is 11.9 Å². The van der Waals surface area contributed by atoms with Crippen LogP contribution in [-0.4, -0.2) is 30.4 Å². The number of aryl methyl sites for hydroxylation is 1. The van der Waals surface area contributed by atoms with Crippen molar-refractivity contribution in [3.63, 3.8) is 0 Å². The summed E-state index contributed by atoms with van der Waals surface area (Å²) in [4.78, 5) is 37.7. The van der Waals surface area contributed by atoms with E-state index < -0.39 is 17.9 Å². The molecule has 3 rings (SSSR count). The Bertz CT molecular complexity index is 895. The maximum absolute atomic E-state index is 13.7. The van der Waals surface area contributed by atoms with Crippen molar-refractivity contribution in [3.05, 3.63) is 59.4 Å². The highest BCUT2D eigenvalue weighted by atomic mass is 19.1. The summed E-state index contributed by atoms with van der Waals surface area (Å²) in [7, 11) is 0. The summed E-state index contributed by atoms with van der Waals surface area (Å²) in [5.74, 6) is -1.65. The van der Waals surface area contributed by atoms with Crippen molar-refractivity contribution >= 4 is 29.2 Å². The molecule has 1 atom stereocenters. The minimum Gasteiger partial charge on any atom is -0.462 e. The Morgan fingerprint density at radius 1 is 1.22 bits per heavy atom. The van der Waals surface area contributed by atoms with Crippen LogP contribution in [-0.2, 0) is 14.3 Å². The fourth-order valence-corrected chi connectivity index (χ4v) is 2.86. The first-order chi connectivity index (χ1) is 12.9. The minimum absolute atomic E-state index is 0.0338. The SMILES string of the molecule is CCOC(=O)c1ccc(N2C(=O)C[C@H](Nc3ccc(C)c(F)c3)C2=O)cc1. The van der Waals surface area contributed by atoms with Gasteiger partial charge in [0.05, 0.1) is 24.3 Å². The van der Waals surface area contributed by atoms with Crippen molar-refractivity contribution in [1.82, 2.24) is 0 Å². The Hall–Kier alpha value is -3.22. The zero-order valence-electron chi connectivity index (χ0n) is 15.0. The Morgan fingerprint density at radius 2 is 1.93 bits per heavy atom. The minimum atomic E-state index is -0.774. The van der Waals surface area contributed by atoms with Gasteiger partial charge in [0.25, 0.3) is 5.91 Å². The van der Waals surface area contributed by atoms with Gasteiger partial charge in [0.2, 0.25) is 5.91 Å². The summed E-state index contributed by atoms with van der Waals surface area (Å²) in [6.45, 7) is 3.61. The highest BCUT2D eigenvalue weighted by Crippen LogP contribution is 2.26. The monoisotopic (exact) mass is 370 g/mol. The molecule has 2 amide bonds. The molecule has 6 nitrogen and oxygen atoms in total. The van der Waals surface area contributed by atoms with Crippen LogP contribution < -0.4 is 10.2 Å². The second-order valence-corrected chi connectivity index (χ2v) is 6.20. The Labute approximate surface area is 155 Å². The molecular weight excluding hydrogens is 351 g/mol. The predicted octanol–water partition coefficient (Wildman–Crippen LogP) is 3.05. The van der Waals surface area contributed by atoms with Crippen molar-refractivity contribution in [3.8, 4) is 0 Å². The molecule has 1 N–H and O–H groups in total. The van der Waals surface area contributed by atoms with E-state index in [0.29, 0.717) is 22.5 Å². The third-order valence-electron chi connectivity index (χ3n) is 4.30. The van der Waals surface area contributed by atoms with Gasteiger partial charge in [0.15, 0.2) is 0 Å². The smallest absolute Gasteiger partial charge is 0.338 e. The van der Waals surface area contributed by atoms with E-state index in [1.54, 1.807) is 26.0 Å². The summed E-state index contributed by atoms with van der Waals surface area (Å²) < 4.78 is 18.6. The molecule has 1 saturated heterocycles. The Kier molecular flexibility index (Phi) is 5.21. The summed E-state index contributed by atoms with van der Waals surface area (Å²) in [5.41, 5.74) is 1.64. The average molecular weight is 370 g/mol. The molecule has 27 heavy (non-hydrogen) atoms. The molecule has 0 unspecified atom stereocenters. The van der Waals surface area contributed by atoms with E-state index in [0.717, 1.165) is 4.90 Å². The predicted molar refractivity (Wildman–Crippen MR) is 98.1 cm³/mol. The Balaban J connectivity index is 1.75. The van der Waals surface area contributed by atoms with Crippen molar-refractivity contribution in [2.24, 2.45) is 0 Å². The first-order valence-electron chi connectivity index (χ1n) is 8.57. The van der Waals surface area contributed by atoms with Crippen LogP contribution in [0.25, 0.3) is 0 Å². The molecule has 0 spiro atoms. The number of amides is 2. The second-order valence-electron chi connectivity index (χ2n) is 6.20. The number of nitrogens with zero attached hydrogens (tertiary/aromatic N) is 1. The number of benzene rings is 2. The molecule has 0 aliphatic carbocycles. The lowest BCUT2D eigenvalue weighted by molar-refractivity contribution is -0.121. The maximum atomic E-state index is 13.7. The van der Waals surface area contributed by atoms with E-state index >= 15 is 0 Å². The number of imide groups is 1. The zero-order chi connectivity index (χ0) is 19.6. The fraction of sp³-hybridized carbons (Fsp3) is 0.250. The molecule has 2 aromatic rings. The third kappa shape index (κ3) is 3.81. The first-order valence-corrected chi connectivity index (χ1v) is 8.57. The summed E-state index contributed by atoms with van der Waals surface area (Å²) in [6.07, 6.45) is -0.0338. The quantitative estimate of drug-likeness (QED) is 0.647. The van der Waals surface area contributed by atoms with Gasteiger partial charge in [-0.05, 0) is 55.8 Å². The van der Waals surface area contributed by atoms with Gasteiger partial charge in [-0.15, -0.1) is 0 Å². The van der Waals surface area contributed by atoms with E-state index in [4.69, 9.17) is 4.74 Å². The third-order valence-corrected chi connectivity index (χ3v) is 4.30. The molecule has 1 heterocycles. The normalized spacial score (nSPS) is 16.6. The largest absolute Gasteiger partial charge is 0.462 e. The molecule has 0 radical (unpaired) electrons. The van der Waals surface area contributed by atoms with Crippen molar-refractivity contribution in [2.45, 2.75) is 26.3 Å². The summed E-state index contributed by atoms with van der Waals surface area (Å²) in [6, 6.07) is 9.84. The molecule has 2 aromatic carbocycles. The molecule has 1 aliphatic heterocycles. The highest BCUT2D eigenvalue weighted by molar-refractivity contribution is 6.23. The van der Waals surface area contributed by atoms with Gasteiger partial charge < -0.3 is 10.1 Å². The number of hydrogen-bond acceptors (Lipinski definition) is 5. The molecule has 1 fully saturated rings. The van der Waals surface area contributed by atoms with Crippen LogP contribution in [0.3, 0.4) is 0 Å². The molecule has 1 aliphatic rings. The zero-order valence-corrected chi connectivity index (χ0v) is 15.0. The molecule has 140 valence electrons. The number of anilines is 2. The maximum Gasteiger partial charge on any atom is 0.338 e. The Morgan fingerprint density at radius 3 is 2.56 bits per heavy atom. The van der Waals surface area contributed by atoms with E-state index in [1.807, 2.05) is 0 Å². The number of halogens is 1. The van der Waals surface area contributed by atoms with Crippen LogP contribution in [0, 0.1) is 12.7 Å². The van der Waals surface area contributed by atoms with E-state index in [2.05, 4.69) is 5.32 Å². The average Bonchev–Trinajstić information content (AvgIpc) is 2.92. The number of carbonyl (C=O) groups excluding carboxylic acids is 3. The van der Waals surface area contributed by atoms with Crippen molar-refractivity contribution < 1.29 is 23.5 Å². The highest BCUT2D eigenvalue weighted by Gasteiger charge is 2.39. The van der Waals surface area contributed by atoms with Gasteiger partial charge in [-0.1, -0.05) is 6.07 Å². The number of hydrogen-bond donors (Lipinski definition) is 1. The van der Waals surface area contributed by atoms with Gasteiger partial charge in [-0.3, -0.25) is 9.59 Å². The molecular formula is C20H19FN2O4. The van der Waals surface area contributed by atoms with Crippen LogP contribution >= 0.6 is 0 Å². The summed E-state index contributed by atoms with van der Waals surface area (Å²) >= 11 is 0. The molecule has 0 bridgehead atoms. The number of ether oxygens (including phenoxy) is 1. The second kappa shape index (κ2) is 7.57. The fourth-order valence-electron chi connectivity index (χ4n) is 2.86. The van der Waals surface area contributed by atoms with Gasteiger partial charge in [-0.2, -0.15) is 0 Å². The van der Waals surface area contributed by atoms with Crippen LogP contribution in [0.5, 0.6) is 0 Å². The lowest BCUT2D eigenvalue weighted by Crippen LogP contribution is -2.34. The number of esters is 1. The van der Waals surface area contributed by atoms with Crippen molar-refractivity contribution in [1.29, 1.82) is 0 Å². The number of rotatable bonds is 5. The van der Waals surface area contributed by atoms with Crippen LogP contribution in [0.1, 0.15) is 29.3 Å². The first kappa shape index (κ1) is 18.6. The number of nitrogens with one attached hydrogen (secondary N) is 1. The lowest BCUT2D eigenvalue weighted by Gasteiger charge is -2.16. The van der Waals surface area contributed by atoms with E-state index in [-0.39, 0.29) is 24.8 Å². The summed E-state index contributed by atoms with van der Waals surface area (Å²) in [5, 5.41) is 2.91. The topological polar surface area (TPSA) is 75.7 Å². The molecule has 0 aromatic heterocycles. The van der Waals surface area contributed by atoms with Gasteiger partial charge in [0, 0.05) is 5.69 Å². The van der Waals surface area contributed by atoms with Crippen molar-refractivity contribution in [2.75, 3.05) is 16.8 Å². The molecule has 0 saturated carbocycles. The number of carbonyl (C=O) groups is 3. The van der Waals surface area contributed by atoms with E-state index in [1.165, 1.54) is 30.3 Å².